The van der Waals surface area contributed by atoms with Crippen molar-refractivity contribution in [2.45, 2.75) is 13.8 Å². The van der Waals surface area contributed by atoms with Gasteiger partial charge in [-0.25, -0.2) is 4.99 Å². The number of carbonyl (C=O) groups excluding carboxylic acids is 1. The highest BCUT2D eigenvalue weighted by molar-refractivity contribution is 9.11. The molecule has 7 heteroatoms. The second-order valence-electron chi connectivity index (χ2n) is 7.63. The lowest BCUT2D eigenvalue weighted by atomic mass is 10.1. The number of amidine groups is 1. The second kappa shape index (κ2) is 10.8. The van der Waals surface area contributed by atoms with Crippen LogP contribution in [-0.4, -0.2) is 17.7 Å². The lowest BCUT2D eigenvalue weighted by Crippen LogP contribution is -2.28. The first-order chi connectivity index (χ1) is 16.4. The number of thioether (sulfide) groups is 1. The molecule has 1 heterocycles. The summed E-state index contributed by atoms with van der Waals surface area (Å²) in [4.78, 5) is 20.8. The molecule has 4 rings (SSSR count). The van der Waals surface area contributed by atoms with Gasteiger partial charge in [-0.05, 0) is 83.0 Å². The van der Waals surface area contributed by atoms with Gasteiger partial charge in [0.25, 0.3) is 5.91 Å². The van der Waals surface area contributed by atoms with Crippen molar-refractivity contribution in [2.24, 2.45) is 4.99 Å². The van der Waals surface area contributed by atoms with Gasteiger partial charge in [0, 0.05) is 10.0 Å². The summed E-state index contributed by atoms with van der Waals surface area (Å²) in [7, 11) is 0. The Labute approximate surface area is 220 Å². The molecule has 1 saturated heterocycles. The summed E-state index contributed by atoms with van der Waals surface area (Å²) < 4.78 is 7.55. The van der Waals surface area contributed by atoms with Crippen LogP contribution in [0, 0.1) is 13.8 Å². The van der Waals surface area contributed by atoms with E-state index in [9.17, 15) is 4.79 Å². The number of anilines is 1. The highest BCUT2D eigenvalue weighted by atomic mass is 79.9. The molecule has 0 unspecified atom stereocenters. The van der Waals surface area contributed by atoms with Crippen LogP contribution in [0.1, 0.15) is 16.7 Å². The number of aryl methyl sites for hydroxylation is 2. The number of rotatable bonds is 6. The van der Waals surface area contributed by atoms with Gasteiger partial charge in [-0.1, -0.05) is 65.0 Å². The van der Waals surface area contributed by atoms with E-state index >= 15 is 0 Å². The first kappa shape index (κ1) is 24.5. The maximum Gasteiger partial charge on any atom is 0.271 e. The van der Waals surface area contributed by atoms with Crippen LogP contribution in [0.3, 0.4) is 0 Å². The van der Waals surface area contributed by atoms with Gasteiger partial charge in [0.1, 0.15) is 12.4 Å². The zero-order valence-electron chi connectivity index (χ0n) is 18.7. The van der Waals surface area contributed by atoms with E-state index in [0.29, 0.717) is 22.4 Å². The molecule has 1 fully saturated rings. The molecule has 0 atom stereocenters. The molecule has 0 spiro atoms. The zero-order chi connectivity index (χ0) is 24.2. The molecule has 3 aromatic carbocycles. The van der Waals surface area contributed by atoms with Crippen molar-refractivity contribution >= 4 is 72.1 Å². The molecule has 0 aliphatic carbocycles. The maximum absolute atomic E-state index is 13.7. The van der Waals surface area contributed by atoms with Crippen LogP contribution in [0.4, 0.5) is 11.4 Å². The minimum Gasteiger partial charge on any atom is -0.488 e. The van der Waals surface area contributed by atoms with E-state index in [-0.39, 0.29) is 5.91 Å². The van der Waals surface area contributed by atoms with Crippen LogP contribution in [0.2, 0.25) is 0 Å². The largest absolute Gasteiger partial charge is 0.488 e. The van der Waals surface area contributed by atoms with E-state index in [1.165, 1.54) is 11.8 Å². The Bertz CT molecular complexity index is 1300. The highest BCUT2D eigenvalue weighted by Gasteiger charge is 2.35. The summed E-state index contributed by atoms with van der Waals surface area (Å²) in [5.74, 6) is 0.516. The zero-order valence-corrected chi connectivity index (χ0v) is 22.7. The summed E-state index contributed by atoms with van der Waals surface area (Å²) in [5.41, 5.74) is 4.54. The van der Waals surface area contributed by atoms with E-state index in [1.807, 2.05) is 80.6 Å². The Morgan fingerprint density at radius 1 is 1.06 bits per heavy atom. The molecule has 4 nitrogen and oxygen atoms in total. The van der Waals surface area contributed by atoms with Crippen LogP contribution in [0.5, 0.6) is 5.75 Å². The van der Waals surface area contributed by atoms with Gasteiger partial charge < -0.3 is 4.74 Å². The quantitative estimate of drug-likeness (QED) is 0.212. The standard InChI is InChI=1S/C27H22Br2N2O2S/c1-4-13-33-25-19(14-20(28)16-22(25)29)15-23-26(32)31(21-11-6-5-7-12-21)27(34-23)30-24-17(2)9-8-10-18(24)3/h4-12,14-16H,1,13H2,2-3H3/b23-15+,30-27?. The number of para-hydroxylation sites is 2. The normalized spacial score (nSPS) is 15.9. The Kier molecular flexibility index (Phi) is 7.76. The molecule has 34 heavy (non-hydrogen) atoms. The van der Waals surface area contributed by atoms with Crippen molar-refractivity contribution in [3.8, 4) is 5.75 Å². The SMILES string of the molecule is C=CCOc1c(Br)cc(Br)cc1/C=C1/SC(=Nc2c(C)cccc2C)N(c2ccccc2)C1=O. The van der Waals surface area contributed by atoms with Crippen molar-refractivity contribution in [3.05, 3.63) is 104 Å². The van der Waals surface area contributed by atoms with Crippen molar-refractivity contribution in [3.63, 3.8) is 0 Å². The first-order valence-corrected chi connectivity index (χ1v) is 13.0. The average Bonchev–Trinajstić information content (AvgIpc) is 3.11. The van der Waals surface area contributed by atoms with Crippen molar-refractivity contribution < 1.29 is 9.53 Å². The first-order valence-electron chi connectivity index (χ1n) is 10.6. The molecule has 0 bridgehead atoms. The number of halogens is 2. The molecule has 1 aliphatic heterocycles. The topological polar surface area (TPSA) is 41.9 Å². The Hall–Kier alpha value is -2.61. The number of hydrogen-bond acceptors (Lipinski definition) is 4. The molecule has 172 valence electrons. The fourth-order valence-electron chi connectivity index (χ4n) is 3.55. The summed E-state index contributed by atoms with van der Waals surface area (Å²) in [6.45, 7) is 8.14. The minimum atomic E-state index is -0.132. The van der Waals surface area contributed by atoms with Crippen LogP contribution in [-0.2, 0) is 4.79 Å². The Morgan fingerprint density at radius 3 is 2.44 bits per heavy atom. The molecule has 1 aliphatic rings. The Morgan fingerprint density at radius 2 is 1.76 bits per heavy atom. The average molecular weight is 598 g/mol. The van der Waals surface area contributed by atoms with Crippen molar-refractivity contribution in [1.29, 1.82) is 0 Å². The van der Waals surface area contributed by atoms with E-state index in [4.69, 9.17) is 9.73 Å². The fourth-order valence-corrected chi connectivity index (χ4v) is 5.90. The van der Waals surface area contributed by atoms with Gasteiger partial charge in [0.2, 0.25) is 0 Å². The molecule has 0 radical (unpaired) electrons. The van der Waals surface area contributed by atoms with E-state index in [1.54, 1.807) is 11.0 Å². The third-order valence-electron chi connectivity index (χ3n) is 5.14. The van der Waals surface area contributed by atoms with Crippen molar-refractivity contribution in [2.75, 3.05) is 11.5 Å². The van der Waals surface area contributed by atoms with Crippen LogP contribution in [0.15, 0.2) is 92.2 Å². The number of carbonyl (C=O) groups is 1. The van der Waals surface area contributed by atoms with Crippen molar-refractivity contribution in [1.82, 2.24) is 0 Å². The fraction of sp³-hybridized carbons (Fsp3) is 0.111. The molecule has 1 amide bonds. The second-order valence-corrected chi connectivity index (χ2v) is 10.4. The van der Waals surface area contributed by atoms with Crippen LogP contribution >= 0.6 is 43.6 Å². The summed E-state index contributed by atoms with van der Waals surface area (Å²) in [6.07, 6.45) is 3.54. The van der Waals surface area contributed by atoms with Crippen LogP contribution < -0.4 is 9.64 Å². The lowest BCUT2D eigenvalue weighted by molar-refractivity contribution is -0.113. The lowest BCUT2D eigenvalue weighted by Gasteiger charge is -2.16. The minimum absolute atomic E-state index is 0.132. The van der Waals surface area contributed by atoms with Crippen LogP contribution in [0.25, 0.3) is 6.08 Å². The molecule has 0 saturated carbocycles. The smallest absolute Gasteiger partial charge is 0.271 e. The molecule has 3 aromatic rings. The van der Waals surface area contributed by atoms with Gasteiger partial charge in [-0.15, -0.1) is 0 Å². The number of hydrogen-bond donors (Lipinski definition) is 0. The Balaban J connectivity index is 1.84. The monoisotopic (exact) mass is 596 g/mol. The number of benzene rings is 3. The van der Waals surface area contributed by atoms with E-state index in [0.717, 1.165) is 37.0 Å². The van der Waals surface area contributed by atoms with E-state index in [2.05, 4.69) is 38.4 Å². The predicted octanol–water partition coefficient (Wildman–Crippen LogP) is 8.20. The van der Waals surface area contributed by atoms with Gasteiger partial charge in [-0.2, -0.15) is 0 Å². The summed E-state index contributed by atoms with van der Waals surface area (Å²) in [6, 6.07) is 19.5. The molecule has 0 N–H and O–H groups in total. The number of ether oxygens (including phenoxy) is 1. The highest BCUT2D eigenvalue weighted by Crippen LogP contribution is 2.41. The number of aliphatic imine (C=N–C) groups is 1. The number of amides is 1. The number of nitrogens with zero attached hydrogens (tertiary/aromatic N) is 2. The summed E-state index contributed by atoms with van der Waals surface area (Å²) in [5, 5.41) is 0.613. The third kappa shape index (κ3) is 5.22. The third-order valence-corrected chi connectivity index (χ3v) is 7.15. The van der Waals surface area contributed by atoms with E-state index < -0.39 is 0 Å². The predicted molar refractivity (Wildman–Crippen MR) is 150 cm³/mol. The molecule has 0 aromatic heterocycles. The summed E-state index contributed by atoms with van der Waals surface area (Å²) >= 11 is 8.46. The van der Waals surface area contributed by atoms with Gasteiger partial charge >= 0.3 is 0 Å². The maximum atomic E-state index is 13.7. The van der Waals surface area contributed by atoms with Gasteiger partial charge in [-0.3, -0.25) is 9.69 Å². The van der Waals surface area contributed by atoms with Gasteiger partial charge in [0.05, 0.1) is 20.8 Å². The molecular weight excluding hydrogens is 576 g/mol. The van der Waals surface area contributed by atoms with Gasteiger partial charge in [0.15, 0.2) is 5.17 Å². The molecular formula is C27H22Br2N2O2S.